The van der Waals surface area contributed by atoms with Crippen LogP contribution >= 0.6 is 0 Å². The van der Waals surface area contributed by atoms with E-state index in [4.69, 9.17) is 4.74 Å². The number of nitrogens with zero attached hydrogens (tertiary/aromatic N) is 3. The zero-order valence-electron chi connectivity index (χ0n) is 18.2. The molecule has 3 aromatic rings. The molecule has 0 spiro atoms. The molecule has 2 heterocycles. The van der Waals surface area contributed by atoms with Crippen molar-refractivity contribution in [3.63, 3.8) is 0 Å². The summed E-state index contributed by atoms with van der Waals surface area (Å²) in [6.07, 6.45) is 1.13. The summed E-state index contributed by atoms with van der Waals surface area (Å²) in [6.45, 7) is 1.92. The second-order valence-corrected chi connectivity index (χ2v) is 8.88. The highest BCUT2D eigenvalue weighted by molar-refractivity contribution is 5.92. The zero-order chi connectivity index (χ0) is 24.0. The number of carbonyl (C=O) groups is 1. The van der Waals surface area contributed by atoms with E-state index in [2.05, 4.69) is 20.3 Å². The minimum atomic E-state index is -4.63. The van der Waals surface area contributed by atoms with Crippen LogP contribution in [0.25, 0.3) is 10.9 Å². The quantitative estimate of drug-likeness (QED) is 0.494. The van der Waals surface area contributed by atoms with Crippen molar-refractivity contribution in [2.45, 2.75) is 38.5 Å². The van der Waals surface area contributed by atoms with Gasteiger partial charge in [0.05, 0.1) is 29.7 Å². The van der Waals surface area contributed by atoms with Gasteiger partial charge in [-0.05, 0) is 61.3 Å². The summed E-state index contributed by atoms with van der Waals surface area (Å²) >= 11 is 0. The Kier molecular flexibility index (Phi) is 5.61. The van der Waals surface area contributed by atoms with Crippen molar-refractivity contribution < 1.29 is 27.1 Å². The molecule has 1 N–H and O–H groups in total. The van der Waals surface area contributed by atoms with E-state index < -0.39 is 12.0 Å². The van der Waals surface area contributed by atoms with Gasteiger partial charge in [-0.1, -0.05) is 6.92 Å². The van der Waals surface area contributed by atoms with Gasteiger partial charge in [0.15, 0.2) is 0 Å². The van der Waals surface area contributed by atoms with Crippen molar-refractivity contribution in [2.75, 3.05) is 5.32 Å². The number of anilines is 1. The highest BCUT2D eigenvalue weighted by Gasteiger charge is 2.60. The Morgan fingerprint density at radius 1 is 1.15 bits per heavy atom. The zero-order valence-corrected chi connectivity index (χ0v) is 18.2. The smallest absolute Gasteiger partial charge is 0.451 e. The monoisotopic (exact) mass is 474 g/mol. The highest BCUT2D eigenvalue weighted by atomic mass is 19.4. The number of rotatable bonds is 6. The van der Waals surface area contributed by atoms with Gasteiger partial charge in [0.1, 0.15) is 11.6 Å². The molecule has 1 unspecified atom stereocenters. The number of amides is 1. The maximum Gasteiger partial charge on any atom is 0.451 e. The van der Waals surface area contributed by atoms with Gasteiger partial charge < -0.3 is 10.1 Å². The molecule has 2 aliphatic rings. The third-order valence-corrected chi connectivity index (χ3v) is 6.84. The van der Waals surface area contributed by atoms with Crippen molar-refractivity contribution in [3.05, 3.63) is 54.5 Å². The summed E-state index contributed by atoms with van der Waals surface area (Å²) in [4.78, 5) is 23.6. The number of ether oxygens (including phenoxy) is 1. The number of alkyl halides is 3. The molecule has 0 radical (unpaired) electrons. The molecule has 0 saturated heterocycles. The van der Waals surface area contributed by atoms with E-state index in [1.807, 2.05) is 6.92 Å². The summed E-state index contributed by atoms with van der Waals surface area (Å²) in [5.74, 6) is -0.609. The third kappa shape index (κ3) is 4.28. The predicted molar refractivity (Wildman–Crippen MR) is 115 cm³/mol. The van der Waals surface area contributed by atoms with Crippen LogP contribution in [-0.4, -0.2) is 27.0 Å². The number of pyridine rings is 1. The summed E-state index contributed by atoms with van der Waals surface area (Å²) in [5, 5.41) is 3.28. The molecule has 34 heavy (non-hydrogen) atoms. The van der Waals surface area contributed by atoms with Crippen molar-refractivity contribution in [1.29, 1.82) is 0 Å². The summed E-state index contributed by atoms with van der Waals surface area (Å²) in [6, 6.07) is 6.13. The third-order valence-electron chi connectivity index (χ3n) is 6.84. The van der Waals surface area contributed by atoms with Crippen LogP contribution in [0.3, 0.4) is 0 Å². The van der Waals surface area contributed by atoms with Crippen LogP contribution in [0.2, 0.25) is 0 Å². The SMILES string of the molecule is CCC(C(=O)Nc1cnc(C(F)(F)F)nc1)[C@@H]1[C@@H]2C[C@@H](Oc3ccnc4ccc(F)cc34)C[C@@H]21. The van der Waals surface area contributed by atoms with Gasteiger partial charge in [-0.2, -0.15) is 13.2 Å². The molecule has 10 heteroatoms. The Bertz CT molecular complexity index is 1210. The lowest BCUT2D eigenvalue weighted by atomic mass is 9.93. The number of carbonyl (C=O) groups excluding carboxylic acids is 1. The maximum absolute atomic E-state index is 13.7. The molecule has 0 aliphatic heterocycles. The second kappa shape index (κ2) is 8.48. The van der Waals surface area contributed by atoms with E-state index in [9.17, 15) is 22.4 Å². The fourth-order valence-electron chi connectivity index (χ4n) is 5.32. The summed E-state index contributed by atoms with van der Waals surface area (Å²) < 4.78 is 57.8. The molecule has 2 saturated carbocycles. The lowest BCUT2D eigenvalue weighted by Crippen LogP contribution is -2.27. The average Bonchev–Trinajstić information content (AvgIpc) is 3.26. The van der Waals surface area contributed by atoms with Gasteiger partial charge in [-0.15, -0.1) is 0 Å². The van der Waals surface area contributed by atoms with E-state index in [-0.39, 0.29) is 35.4 Å². The van der Waals surface area contributed by atoms with Crippen molar-refractivity contribution in [1.82, 2.24) is 15.0 Å². The van der Waals surface area contributed by atoms with E-state index in [0.29, 0.717) is 34.9 Å². The maximum atomic E-state index is 13.7. The Hall–Kier alpha value is -3.30. The largest absolute Gasteiger partial charge is 0.490 e. The Balaban J connectivity index is 1.20. The molecule has 1 amide bonds. The van der Waals surface area contributed by atoms with Crippen LogP contribution < -0.4 is 10.1 Å². The predicted octanol–water partition coefficient (Wildman–Crippen LogP) is 5.25. The Labute approximate surface area is 192 Å². The number of aromatic nitrogens is 3. The molecule has 2 fully saturated rings. The number of benzene rings is 1. The average molecular weight is 474 g/mol. The van der Waals surface area contributed by atoms with E-state index >= 15 is 0 Å². The normalized spacial score (nSPS) is 24.5. The summed E-state index contributed by atoms with van der Waals surface area (Å²) in [7, 11) is 0. The van der Waals surface area contributed by atoms with Crippen LogP contribution in [0.1, 0.15) is 32.0 Å². The first-order chi connectivity index (χ1) is 16.2. The molecule has 6 nitrogen and oxygen atoms in total. The molecule has 2 aromatic heterocycles. The molecule has 2 aliphatic carbocycles. The van der Waals surface area contributed by atoms with E-state index in [1.54, 1.807) is 18.3 Å². The molecule has 5 atom stereocenters. The lowest BCUT2D eigenvalue weighted by Gasteiger charge is -2.21. The standard InChI is InChI=1S/C24H22F4N4O2/c1-2-15(22(33)32-13-10-30-23(31-11-13)24(26,27)28)21-16-8-14(9-17(16)21)34-20-5-6-29-19-4-3-12(25)7-18(19)20/h3-7,10-11,14-17,21H,2,8-9H2,1H3,(H,32,33)/t14-,15?,16-,17+,21-. The van der Waals surface area contributed by atoms with E-state index in [1.165, 1.54) is 12.1 Å². The van der Waals surface area contributed by atoms with Crippen LogP contribution in [0.4, 0.5) is 23.2 Å². The number of hydrogen-bond acceptors (Lipinski definition) is 5. The molecular weight excluding hydrogens is 452 g/mol. The van der Waals surface area contributed by atoms with Gasteiger partial charge in [-0.25, -0.2) is 14.4 Å². The van der Waals surface area contributed by atoms with Crippen LogP contribution in [-0.2, 0) is 11.0 Å². The lowest BCUT2D eigenvalue weighted by molar-refractivity contribution is -0.144. The fraction of sp³-hybridized carbons (Fsp3) is 0.417. The number of fused-ring (bicyclic) bond motifs is 2. The first-order valence-electron chi connectivity index (χ1n) is 11.2. The second-order valence-electron chi connectivity index (χ2n) is 8.88. The number of halogens is 4. The van der Waals surface area contributed by atoms with Gasteiger partial charge in [0.25, 0.3) is 0 Å². The Morgan fingerprint density at radius 3 is 2.50 bits per heavy atom. The van der Waals surface area contributed by atoms with Gasteiger partial charge in [0, 0.05) is 17.5 Å². The molecule has 0 bridgehead atoms. The number of nitrogens with one attached hydrogen (secondary N) is 1. The van der Waals surface area contributed by atoms with Gasteiger partial charge in [-0.3, -0.25) is 9.78 Å². The minimum absolute atomic E-state index is 0.0241. The summed E-state index contributed by atoms with van der Waals surface area (Å²) in [5.41, 5.74) is 0.801. The topological polar surface area (TPSA) is 77.0 Å². The highest BCUT2D eigenvalue weighted by Crippen LogP contribution is 2.62. The van der Waals surface area contributed by atoms with Gasteiger partial charge >= 0.3 is 6.18 Å². The van der Waals surface area contributed by atoms with Crippen molar-refractivity contribution in [2.24, 2.45) is 23.7 Å². The first kappa shape index (κ1) is 22.5. The van der Waals surface area contributed by atoms with E-state index in [0.717, 1.165) is 25.2 Å². The first-order valence-corrected chi connectivity index (χ1v) is 11.2. The van der Waals surface area contributed by atoms with Crippen molar-refractivity contribution in [3.8, 4) is 5.75 Å². The molecular formula is C24H22F4N4O2. The van der Waals surface area contributed by atoms with Gasteiger partial charge in [0.2, 0.25) is 11.7 Å². The Morgan fingerprint density at radius 2 is 1.85 bits per heavy atom. The molecule has 1 aromatic carbocycles. The molecule has 178 valence electrons. The van der Waals surface area contributed by atoms with Crippen molar-refractivity contribution >= 4 is 22.5 Å². The number of hydrogen-bond donors (Lipinski definition) is 1. The van der Waals surface area contributed by atoms with Crippen LogP contribution in [0.15, 0.2) is 42.9 Å². The molecule has 5 rings (SSSR count). The van der Waals surface area contributed by atoms with Crippen LogP contribution in [0.5, 0.6) is 5.75 Å². The fourth-order valence-corrected chi connectivity index (χ4v) is 5.32. The minimum Gasteiger partial charge on any atom is -0.490 e. The van der Waals surface area contributed by atoms with Crippen LogP contribution in [0, 0.1) is 29.5 Å².